The van der Waals surface area contributed by atoms with Crippen LogP contribution < -0.4 is 16.0 Å². The van der Waals surface area contributed by atoms with Gasteiger partial charge in [-0.2, -0.15) is 0 Å². The maximum atomic E-state index is 12.8. The summed E-state index contributed by atoms with van der Waals surface area (Å²) in [5, 5.41) is 18.0. The summed E-state index contributed by atoms with van der Waals surface area (Å²) in [4.78, 5) is 59.0. The van der Waals surface area contributed by atoms with Gasteiger partial charge in [0.1, 0.15) is 24.4 Å². The molecule has 0 unspecified atom stereocenters. The summed E-state index contributed by atoms with van der Waals surface area (Å²) in [5.74, 6) is -3.27. The van der Waals surface area contributed by atoms with Crippen molar-refractivity contribution in [2.75, 3.05) is 0 Å². The summed E-state index contributed by atoms with van der Waals surface area (Å²) in [6, 6.07) is 5.29. The number of aliphatic carboxylic acids is 1. The number of aldehydes is 1. The Balaban J connectivity index is 2.81. The number of carboxylic acid groups (broad SMARTS) is 1. The van der Waals surface area contributed by atoms with Gasteiger partial charge in [0, 0.05) is 12.0 Å². The van der Waals surface area contributed by atoms with Gasteiger partial charge in [-0.15, -0.1) is 0 Å². The third-order valence-corrected chi connectivity index (χ3v) is 4.62. The van der Waals surface area contributed by atoms with Crippen LogP contribution in [0.4, 0.5) is 0 Å². The maximum Gasteiger partial charge on any atom is 0.326 e. The van der Waals surface area contributed by atoms with Crippen molar-refractivity contribution in [3.8, 4) is 0 Å². The van der Waals surface area contributed by atoms with Crippen molar-refractivity contribution >= 4 is 30.0 Å². The van der Waals surface area contributed by atoms with Crippen LogP contribution in [-0.4, -0.2) is 53.2 Å². The van der Waals surface area contributed by atoms with Crippen molar-refractivity contribution in [1.29, 1.82) is 0 Å². The molecular weight excluding hydrogens is 390 g/mol. The second-order valence-corrected chi connectivity index (χ2v) is 7.04. The predicted molar refractivity (Wildman–Crippen MR) is 109 cm³/mol. The van der Waals surface area contributed by atoms with E-state index in [1.165, 1.54) is 6.92 Å². The number of carbonyl (C=O) groups is 5. The van der Waals surface area contributed by atoms with E-state index in [1.807, 2.05) is 6.92 Å². The molecule has 0 saturated heterocycles. The first-order valence-electron chi connectivity index (χ1n) is 9.77. The molecule has 1 rings (SSSR count). The zero-order valence-corrected chi connectivity index (χ0v) is 17.3. The van der Waals surface area contributed by atoms with Crippen LogP contribution in [0.2, 0.25) is 0 Å². The summed E-state index contributed by atoms with van der Waals surface area (Å²) in [7, 11) is 0. The van der Waals surface area contributed by atoms with Gasteiger partial charge in [-0.3, -0.25) is 14.4 Å². The molecule has 1 aromatic carbocycles. The lowest BCUT2D eigenvalue weighted by molar-refractivity contribution is -0.142. The molecule has 30 heavy (non-hydrogen) atoms. The van der Waals surface area contributed by atoms with Gasteiger partial charge in [-0.05, 0) is 31.4 Å². The number of carbonyl (C=O) groups excluding carboxylic acids is 4. The molecule has 163 valence electrons. The van der Waals surface area contributed by atoms with Crippen molar-refractivity contribution in [2.45, 2.75) is 58.2 Å². The Labute approximate surface area is 175 Å². The molecule has 0 heterocycles. The van der Waals surface area contributed by atoms with Crippen molar-refractivity contribution in [2.24, 2.45) is 5.92 Å². The Morgan fingerprint density at radius 2 is 1.73 bits per heavy atom. The zero-order valence-electron chi connectivity index (χ0n) is 17.3. The van der Waals surface area contributed by atoms with Gasteiger partial charge >= 0.3 is 5.97 Å². The molecule has 0 aliphatic rings. The van der Waals surface area contributed by atoms with Crippen LogP contribution in [0.5, 0.6) is 0 Å². The van der Waals surface area contributed by atoms with E-state index in [9.17, 15) is 29.1 Å². The predicted octanol–water partition coefficient (Wildman–Crippen LogP) is 0.899. The highest BCUT2D eigenvalue weighted by molar-refractivity contribution is 5.98. The molecule has 0 saturated carbocycles. The van der Waals surface area contributed by atoms with E-state index < -0.39 is 41.8 Å². The van der Waals surface area contributed by atoms with E-state index in [0.29, 0.717) is 18.3 Å². The number of hydrogen-bond acceptors (Lipinski definition) is 5. The molecule has 0 aromatic heterocycles. The molecule has 1 aromatic rings. The molecule has 0 aliphatic carbocycles. The van der Waals surface area contributed by atoms with Gasteiger partial charge < -0.3 is 20.5 Å². The number of amides is 3. The van der Waals surface area contributed by atoms with E-state index in [4.69, 9.17) is 0 Å². The molecule has 0 spiro atoms. The first-order chi connectivity index (χ1) is 14.2. The third kappa shape index (κ3) is 8.02. The smallest absolute Gasteiger partial charge is 0.326 e. The van der Waals surface area contributed by atoms with Crippen LogP contribution in [0.25, 0.3) is 0 Å². The van der Waals surface area contributed by atoms with Crippen LogP contribution >= 0.6 is 0 Å². The fraction of sp³-hybridized carbons (Fsp3) is 0.476. The first-order valence-corrected chi connectivity index (χ1v) is 9.77. The molecule has 9 nitrogen and oxygen atoms in total. The molecule has 1 radical (unpaired) electrons. The summed E-state index contributed by atoms with van der Waals surface area (Å²) in [5.41, 5.74) is 0.380. The largest absolute Gasteiger partial charge is 0.480 e. The van der Waals surface area contributed by atoms with Crippen LogP contribution in [0.3, 0.4) is 0 Å². The van der Waals surface area contributed by atoms with Crippen molar-refractivity contribution in [3.05, 3.63) is 35.9 Å². The molecule has 3 N–H and O–H groups in total. The number of rotatable bonds is 12. The molecule has 0 aliphatic heterocycles. The van der Waals surface area contributed by atoms with E-state index in [0.717, 1.165) is 0 Å². The monoisotopic (exact) mass is 418 g/mol. The highest BCUT2D eigenvalue weighted by Gasteiger charge is 2.30. The van der Waals surface area contributed by atoms with Gasteiger partial charge in [0.25, 0.3) is 5.91 Å². The van der Waals surface area contributed by atoms with E-state index in [1.54, 1.807) is 37.3 Å². The Morgan fingerprint density at radius 1 is 1.10 bits per heavy atom. The van der Waals surface area contributed by atoms with Crippen LogP contribution in [0, 0.1) is 5.92 Å². The Bertz CT molecular complexity index is 752. The van der Waals surface area contributed by atoms with Crippen molar-refractivity contribution in [3.63, 3.8) is 0 Å². The fourth-order valence-electron chi connectivity index (χ4n) is 2.62. The van der Waals surface area contributed by atoms with Gasteiger partial charge in [0.15, 0.2) is 0 Å². The number of carboxylic acids is 1. The molecule has 0 fully saturated rings. The molecule has 3 amide bonds. The van der Waals surface area contributed by atoms with Crippen LogP contribution in [0.1, 0.15) is 50.4 Å². The van der Waals surface area contributed by atoms with Crippen LogP contribution in [0.15, 0.2) is 30.3 Å². The molecule has 4 atom stereocenters. The second-order valence-electron chi connectivity index (χ2n) is 7.04. The second kappa shape index (κ2) is 12.4. The van der Waals surface area contributed by atoms with E-state index >= 15 is 0 Å². The minimum absolute atomic E-state index is 0.186. The Hall–Kier alpha value is -3.23. The van der Waals surface area contributed by atoms with Crippen molar-refractivity contribution < 1.29 is 29.1 Å². The standard InChI is InChI=1S/C21H28N3O6/c1-4-13(2)18(24-19(27)15-8-6-5-7-9-15)20(28)23-16(21(29)30)10-11-17(26)22-14(3)12-25/h5-9,12-14,16,18H,4,10-11H2,1-3H3,(H,23,28)(H,24,27)(H,29,30)/t13-,14-,16-,18-/m0/s1. The van der Waals surface area contributed by atoms with Gasteiger partial charge in [-0.25, -0.2) is 10.1 Å². The zero-order chi connectivity index (χ0) is 22.7. The lowest BCUT2D eigenvalue weighted by Crippen LogP contribution is -2.54. The summed E-state index contributed by atoms with van der Waals surface area (Å²) >= 11 is 0. The third-order valence-electron chi connectivity index (χ3n) is 4.62. The number of hydrogen-bond donors (Lipinski definition) is 3. The topological polar surface area (TPSA) is 144 Å². The average molecular weight is 418 g/mol. The van der Waals surface area contributed by atoms with Crippen molar-refractivity contribution in [1.82, 2.24) is 16.0 Å². The highest BCUT2D eigenvalue weighted by Crippen LogP contribution is 2.11. The molecular formula is C21H28N3O6. The normalized spacial score (nSPS) is 14.5. The lowest BCUT2D eigenvalue weighted by atomic mass is 9.97. The summed E-state index contributed by atoms with van der Waals surface area (Å²) in [6.45, 7) is 5.06. The van der Waals surface area contributed by atoms with Gasteiger partial charge in [0.2, 0.25) is 11.8 Å². The first kappa shape index (κ1) is 24.8. The highest BCUT2D eigenvalue weighted by atomic mass is 16.4. The Kier molecular flexibility index (Phi) is 10.2. The lowest BCUT2D eigenvalue weighted by Gasteiger charge is -2.25. The van der Waals surface area contributed by atoms with E-state index in [-0.39, 0.29) is 18.8 Å². The summed E-state index contributed by atoms with van der Waals surface area (Å²) < 4.78 is 0. The number of nitrogens with one attached hydrogen (secondary N) is 2. The number of benzene rings is 1. The number of nitrogens with zero attached hydrogens (tertiary/aromatic N) is 1. The van der Waals surface area contributed by atoms with Gasteiger partial charge in [0.05, 0.1) is 0 Å². The fourth-order valence-corrected chi connectivity index (χ4v) is 2.62. The van der Waals surface area contributed by atoms with Gasteiger partial charge in [-0.1, -0.05) is 38.5 Å². The molecule has 9 heteroatoms. The van der Waals surface area contributed by atoms with E-state index in [2.05, 4.69) is 16.0 Å². The maximum absolute atomic E-state index is 12.8. The SMILES string of the molecule is CC[C@H](C)[C@H](NC(=O)c1ccccc1)C(=O)N[C@@H](CCC(=O)[N][C@@H](C)C=O)C(=O)O. The summed E-state index contributed by atoms with van der Waals surface area (Å²) in [6.07, 6.45) is 0.654. The molecule has 0 bridgehead atoms. The minimum Gasteiger partial charge on any atom is -0.480 e. The Morgan fingerprint density at radius 3 is 2.27 bits per heavy atom. The van der Waals surface area contributed by atoms with Crippen LogP contribution in [-0.2, 0) is 19.2 Å². The average Bonchev–Trinajstić information content (AvgIpc) is 2.74. The minimum atomic E-state index is -1.33. The quantitative estimate of drug-likeness (QED) is 0.430.